The third-order valence-corrected chi connectivity index (χ3v) is 3.81. The second-order valence-electron chi connectivity index (χ2n) is 5.46. The van der Waals surface area contributed by atoms with Crippen molar-refractivity contribution in [2.45, 2.75) is 19.4 Å². The average Bonchev–Trinajstić information content (AvgIpc) is 2.66. The number of esters is 1. The first-order valence-electron chi connectivity index (χ1n) is 8.04. The minimum Gasteiger partial charge on any atom is -0.481 e. The maximum atomic E-state index is 12.7. The molecule has 6 heteroatoms. The molecule has 2 rings (SSSR count). The molecule has 1 unspecified atom stereocenters. The van der Waals surface area contributed by atoms with Gasteiger partial charge in [-0.25, -0.2) is 9.78 Å². The molecule has 6 nitrogen and oxygen atoms in total. The summed E-state index contributed by atoms with van der Waals surface area (Å²) in [6.45, 7) is 2.00. The topological polar surface area (TPSA) is 68.7 Å². The number of hydrogen-bond donors (Lipinski definition) is 0. The molecule has 0 aliphatic carbocycles. The highest BCUT2D eigenvalue weighted by Crippen LogP contribution is 2.14. The summed E-state index contributed by atoms with van der Waals surface area (Å²) in [4.78, 5) is 30.5. The highest BCUT2D eigenvalue weighted by Gasteiger charge is 2.29. The van der Waals surface area contributed by atoms with Gasteiger partial charge < -0.3 is 14.4 Å². The molecule has 0 radical (unpaired) electrons. The zero-order valence-corrected chi connectivity index (χ0v) is 14.6. The van der Waals surface area contributed by atoms with E-state index in [9.17, 15) is 9.59 Å². The fraction of sp³-hybridized carbons (Fsp3) is 0.316. The van der Waals surface area contributed by atoms with Gasteiger partial charge in [-0.1, -0.05) is 30.3 Å². The van der Waals surface area contributed by atoms with E-state index in [0.717, 1.165) is 5.56 Å². The van der Waals surface area contributed by atoms with Crippen molar-refractivity contribution in [3.05, 3.63) is 59.8 Å². The standard InChI is InChI=1S/C19H22N2O4/c1-4-25-19(23)16(12-14-8-6-5-7-9-14)21(2)18(22)15-10-11-17(24-3)20-13-15/h5-11,13,16H,4,12H2,1-3H3. The van der Waals surface area contributed by atoms with Gasteiger partial charge in [-0.15, -0.1) is 0 Å². The van der Waals surface area contributed by atoms with Crippen LogP contribution in [0.25, 0.3) is 0 Å². The van der Waals surface area contributed by atoms with Gasteiger partial charge in [0, 0.05) is 25.7 Å². The number of benzene rings is 1. The van der Waals surface area contributed by atoms with Crippen LogP contribution in [0, 0.1) is 0 Å². The number of carbonyl (C=O) groups excluding carboxylic acids is 2. The van der Waals surface area contributed by atoms with Crippen LogP contribution >= 0.6 is 0 Å². The lowest BCUT2D eigenvalue weighted by molar-refractivity contribution is -0.148. The number of likely N-dealkylation sites (N-methyl/N-ethyl adjacent to an activating group) is 1. The quantitative estimate of drug-likeness (QED) is 0.723. The molecule has 1 atom stereocenters. The van der Waals surface area contributed by atoms with Gasteiger partial charge in [0.2, 0.25) is 5.88 Å². The van der Waals surface area contributed by atoms with Gasteiger partial charge >= 0.3 is 5.97 Å². The highest BCUT2D eigenvalue weighted by molar-refractivity contribution is 5.96. The molecule has 1 aromatic carbocycles. The normalized spacial score (nSPS) is 11.5. The summed E-state index contributed by atoms with van der Waals surface area (Å²) in [5.41, 5.74) is 1.33. The summed E-state index contributed by atoms with van der Waals surface area (Å²) in [5.74, 6) is -0.307. The van der Waals surface area contributed by atoms with E-state index < -0.39 is 12.0 Å². The summed E-state index contributed by atoms with van der Waals surface area (Å²) < 4.78 is 10.1. The smallest absolute Gasteiger partial charge is 0.329 e. The molecule has 0 fully saturated rings. The number of nitrogens with zero attached hydrogens (tertiary/aromatic N) is 2. The van der Waals surface area contributed by atoms with E-state index in [4.69, 9.17) is 9.47 Å². The first-order chi connectivity index (χ1) is 12.1. The summed E-state index contributed by atoms with van der Waals surface area (Å²) in [5, 5.41) is 0. The van der Waals surface area contributed by atoms with Crippen LogP contribution in [0.1, 0.15) is 22.8 Å². The van der Waals surface area contributed by atoms with E-state index in [1.165, 1.54) is 18.2 Å². The van der Waals surface area contributed by atoms with Crippen molar-refractivity contribution in [2.24, 2.45) is 0 Å². The number of carbonyl (C=O) groups is 2. The molecule has 0 aliphatic heterocycles. The van der Waals surface area contributed by atoms with Crippen LogP contribution in [-0.2, 0) is 16.0 Å². The van der Waals surface area contributed by atoms with E-state index in [0.29, 0.717) is 17.9 Å². The van der Waals surface area contributed by atoms with Gasteiger partial charge in [0.15, 0.2) is 0 Å². The second kappa shape index (κ2) is 8.82. The molecule has 132 valence electrons. The van der Waals surface area contributed by atoms with E-state index in [2.05, 4.69) is 4.98 Å². The fourth-order valence-corrected chi connectivity index (χ4v) is 2.43. The van der Waals surface area contributed by atoms with Gasteiger partial charge in [-0.3, -0.25) is 4.79 Å². The van der Waals surface area contributed by atoms with Gasteiger partial charge in [0.1, 0.15) is 6.04 Å². The number of aromatic nitrogens is 1. The largest absolute Gasteiger partial charge is 0.481 e. The van der Waals surface area contributed by atoms with Gasteiger partial charge in [0.05, 0.1) is 19.3 Å². The van der Waals surface area contributed by atoms with Gasteiger partial charge in [-0.05, 0) is 18.6 Å². The molecular weight excluding hydrogens is 320 g/mol. The van der Waals surface area contributed by atoms with Crippen molar-refractivity contribution >= 4 is 11.9 Å². The molecule has 2 aromatic rings. The van der Waals surface area contributed by atoms with Crippen LogP contribution in [0.5, 0.6) is 5.88 Å². The SMILES string of the molecule is CCOC(=O)C(Cc1ccccc1)N(C)C(=O)c1ccc(OC)nc1. The van der Waals surface area contributed by atoms with Crippen molar-refractivity contribution < 1.29 is 19.1 Å². The van der Waals surface area contributed by atoms with E-state index in [1.54, 1.807) is 26.1 Å². The van der Waals surface area contributed by atoms with Crippen molar-refractivity contribution in [3.8, 4) is 5.88 Å². The molecular formula is C19H22N2O4. The number of pyridine rings is 1. The molecule has 25 heavy (non-hydrogen) atoms. The minimum absolute atomic E-state index is 0.260. The van der Waals surface area contributed by atoms with Crippen molar-refractivity contribution in [1.29, 1.82) is 0 Å². The second-order valence-corrected chi connectivity index (χ2v) is 5.46. The van der Waals surface area contributed by atoms with Crippen LogP contribution in [0.3, 0.4) is 0 Å². The Labute approximate surface area is 147 Å². The Kier molecular flexibility index (Phi) is 6.51. The Morgan fingerprint density at radius 2 is 1.88 bits per heavy atom. The van der Waals surface area contributed by atoms with Crippen LogP contribution in [0.4, 0.5) is 0 Å². The molecule has 0 saturated carbocycles. The van der Waals surface area contributed by atoms with Crippen LogP contribution in [0.2, 0.25) is 0 Å². The van der Waals surface area contributed by atoms with E-state index >= 15 is 0 Å². The van der Waals surface area contributed by atoms with Gasteiger partial charge in [0.25, 0.3) is 5.91 Å². The summed E-state index contributed by atoms with van der Waals surface area (Å²) in [6.07, 6.45) is 1.81. The monoisotopic (exact) mass is 342 g/mol. The Morgan fingerprint density at radius 1 is 1.16 bits per heavy atom. The zero-order valence-electron chi connectivity index (χ0n) is 14.6. The Balaban J connectivity index is 2.21. The third-order valence-electron chi connectivity index (χ3n) is 3.81. The van der Waals surface area contributed by atoms with Crippen LogP contribution in [0.15, 0.2) is 48.7 Å². The van der Waals surface area contributed by atoms with Gasteiger partial charge in [-0.2, -0.15) is 0 Å². The number of ether oxygens (including phenoxy) is 2. The number of hydrogen-bond acceptors (Lipinski definition) is 5. The predicted molar refractivity (Wildman–Crippen MR) is 93.4 cm³/mol. The summed E-state index contributed by atoms with van der Waals surface area (Å²) >= 11 is 0. The maximum absolute atomic E-state index is 12.7. The molecule has 1 heterocycles. The molecule has 1 aromatic heterocycles. The Bertz CT molecular complexity index is 701. The first-order valence-corrected chi connectivity index (χ1v) is 8.04. The number of methoxy groups -OCH3 is 1. The van der Waals surface area contributed by atoms with E-state index in [1.807, 2.05) is 30.3 Å². The molecule has 0 saturated heterocycles. The zero-order chi connectivity index (χ0) is 18.2. The lowest BCUT2D eigenvalue weighted by Gasteiger charge is -2.26. The van der Waals surface area contributed by atoms with Crippen LogP contribution < -0.4 is 4.74 Å². The summed E-state index contributed by atoms with van der Waals surface area (Å²) in [7, 11) is 3.10. The lowest BCUT2D eigenvalue weighted by Crippen LogP contribution is -2.44. The average molecular weight is 342 g/mol. The van der Waals surface area contributed by atoms with Crippen molar-refractivity contribution in [3.63, 3.8) is 0 Å². The van der Waals surface area contributed by atoms with Crippen molar-refractivity contribution in [2.75, 3.05) is 20.8 Å². The van der Waals surface area contributed by atoms with Crippen molar-refractivity contribution in [1.82, 2.24) is 9.88 Å². The minimum atomic E-state index is -0.711. The predicted octanol–water partition coefficient (Wildman–Crippen LogP) is 2.34. The number of rotatable bonds is 7. The summed E-state index contributed by atoms with van der Waals surface area (Å²) in [6, 6.07) is 12.0. The first kappa shape index (κ1) is 18.4. The van der Waals surface area contributed by atoms with E-state index in [-0.39, 0.29) is 12.5 Å². The fourth-order valence-electron chi connectivity index (χ4n) is 2.43. The highest BCUT2D eigenvalue weighted by atomic mass is 16.5. The lowest BCUT2D eigenvalue weighted by atomic mass is 10.0. The Morgan fingerprint density at radius 3 is 2.44 bits per heavy atom. The molecule has 0 aliphatic rings. The Hall–Kier alpha value is -2.89. The molecule has 1 amide bonds. The third kappa shape index (κ3) is 4.79. The number of amides is 1. The van der Waals surface area contributed by atoms with Crippen LogP contribution in [-0.4, -0.2) is 48.6 Å². The molecule has 0 N–H and O–H groups in total. The maximum Gasteiger partial charge on any atom is 0.329 e. The molecule has 0 bridgehead atoms. The molecule has 0 spiro atoms.